The van der Waals surface area contributed by atoms with Gasteiger partial charge in [0.15, 0.2) is 0 Å². The van der Waals surface area contributed by atoms with Crippen molar-refractivity contribution in [3.63, 3.8) is 0 Å². The molecule has 0 fully saturated rings. The number of nitrogens with one attached hydrogen (secondary N) is 1. The molecule has 2 aromatic rings. The van der Waals surface area contributed by atoms with Crippen LogP contribution in [0.1, 0.15) is 125 Å². The zero-order chi connectivity index (χ0) is 28.1. The molecule has 1 atom stereocenters. The van der Waals surface area contributed by atoms with Gasteiger partial charge in [-0.15, -0.1) is 0 Å². The summed E-state index contributed by atoms with van der Waals surface area (Å²) in [5.41, 5.74) is 2.73. The molecule has 1 amide bonds. The molecule has 2 N–H and O–H groups in total. The van der Waals surface area contributed by atoms with Gasteiger partial charge in [0.05, 0.1) is 0 Å². The molecule has 0 heterocycles. The summed E-state index contributed by atoms with van der Waals surface area (Å²) in [5, 5.41) is 12.8. The van der Waals surface area contributed by atoms with Crippen LogP contribution in [0.25, 0.3) is 0 Å². The van der Waals surface area contributed by atoms with Crippen LogP contribution in [0.4, 0.5) is 0 Å². The Morgan fingerprint density at radius 3 is 1.67 bits per heavy atom. The highest BCUT2D eigenvalue weighted by molar-refractivity contribution is 5.94. The molecule has 5 heteroatoms. The number of carbonyl (C=O) groups is 2. The Balaban J connectivity index is 1.66. The molecule has 0 bridgehead atoms. The topological polar surface area (TPSA) is 69.6 Å². The van der Waals surface area contributed by atoms with E-state index in [1.165, 1.54) is 70.6 Å². The van der Waals surface area contributed by atoms with Crippen molar-refractivity contribution in [2.24, 2.45) is 0 Å². The molecule has 0 aromatic heterocycles. The lowest BCUT2D eigenvalue weighted by Gasteiger charge is -2.28. The van der Waals surface area contributed by atoms with Crippen LogP contribution in [0.3, 0.4) is 0 Å². The molecule has 1 unspecified atom stereocenters. The molecule has 5 nitrogen and oxygen atoms in total. The van der Waals surface area contributed by atoms with Crippen LogP contribution in [0, 0.1) is 0 Å². The van der Waals surface area contributed by atoms with E-state index in [0.29, 0.717) is 31.6 Å². The Bertz CT molecular complexity index is 914. The summed E-state index contributed by atoms with van der Waals surface area (Å²) < 4.78 is 0. The zero-order valence-corrected chi connectivity index (χ0v) is 24.5. The standard InChI is InChI=1S/C34H52N2O3/c1-3-5-6-7-8-9-10-11-12-13-14-15-19-26-35-33(37)31-24-22-30(23-25-31)28-36(32(4-2)34(38)39)27-29-20-17-16-18-21-29/h16-18,20-25,32H,3-15,19,26-28H2,1-2H3,(H,35,37)(H,38,39). The van der Waals surface area contributed by atoms with Gasteiger partial charge in [0.25, 0.3) is 5.91 Å². The van der Waals surface area contributed by atoms with E-state index in [4.69, 9.17) is 0 Å². The fourth-order valence-corrected chi connectivity index (χ4v) is 5.13. The van der Waals surface area contributed by atoms with E-state index in [-0.39, 0.29) is 5.91 Å². The second-order valence-electron chi connectivity index (χ2n) is 10.8. The Morgan fingerprint density at radius 2 is 1.18 bits per heavy atom. The molecule has 2 rings (SSSR count). The van der Waals surface area contributed by atoms with Crippen molar-refractivity contribution in [3.8, 4) is 0 Å². The van der Waals surface area contributed by atoms with Gasteiger partial charge in [-0.25, -0.2) is 0 Å². The molecule has 0 aliphatic heterocycles. The molecule has 0 radical (unpaired) electrons. The maximum atomic E-state index is 12.6. The molecule has 0 aliphatic carbocycles. The Morgan fingerprint density at radius 1 is 0.692 bits per heavy atom. The van der Waals surface area contributed by atoms with E-state index < -0.39 is 12.0 Å². The van der Waals surface area contributed by atoms with Gasteiger partial charge in [-0.2, -0.15) is 0 Å². The Labute approximate surface area is 237 Å². The third-order valence-corrected chi connectivity index (χ3v) is 7.51. The van der Waals surface area contributed by atoms with E-state index in [1.54, 1.807) is 0 Å². The number of carboxylic acids is 1. The van der Waals surface area contributed by atoms with Crippen LogP contribution in [0.5, 0.6) is 0 Å². The third kappa shape index (κ3) is 13.8. The SMILES string of the molecule is CCCCCCCCCCCCCCCNC(=O)c1ccc(CN(Cc2ccccc2)C(CC)C(=O)O)cc1. The first-order chi connectivity index (χ1) is 19.0. The van der Waals surface area contributed by atoms with Gasteiger partial charge < -0.3 is 10.4 Å². The van der Waals surface area contributed by atoms with Gasteiger partial charge >= 0.3 is 5.97 Å². The van der Waals surface area contributed by atoms with Crippen LogP contribution in [0.2, 0.25) is 0 Å². The van der Waals surface area contributed by atoms with Gasteiger partial charge in [0.1, 0.15) is 6.04 Å². The van der Waals surface area contributed by atoms with E-state index in [2.05, 4.69) is 12.2 Å². The summed E-state index contributed by atoms with van der Waals surface area (Å²) in [5.74, 6) is -0.851. The highest BCUT2D eigenvalue weighted by Gasteiger charge is 2.24. The fourth-order valence-electron chi connectivity index (χ4n) is 5.13. The number of benzene rings is 2. The first-order valence-corrected chi connectivity index (χ1v) is 15.4. The van der Waals surface area contributed by atoms with Crippen molar-refractivity contribution in [2.75, 3.05) is 6.54 Å². The van der Waals surface area contributed by atoms with E-state index in [1.807, 2.05) is 66.4 Å². The van der Waals surface area contributed by atoms with Crippen molar-refractivity contribution >= 4 is 11.9 Å². The number of hydrogen-bond donors (Lipinski definition) is 2. The van der Waals surface area contributed by atoms with E-state index in [9.17, 15) is 14.7 Å². The minimum atomic E-state index is -0.808. The summed E-state index contributed by atoms with van der Waals surface area (Å²) in [6.45, 7) is 5.96. The first-order valence-electron chi connectivity index (χ1n) is 15.4. The molecule has 216 valence electrons. The number of nitrogens with zero attached hydrogens (tertiary/aromatic N) is 1. The molecule has 0 saturated heterocycles. The molecule has 0 aliphatic rings. The van der Waals surface area contributed by atoms with Crippen LogP contribution in [-0.2, 0) is 17.9 Å². The number of carbonyl (C=O) groups excluding carboxylic acids is 1. The summed E-state index contributed by atoms with van der Waals surface area (Å²) in [6, 6.07) is 17.0. The lowest BCUT2D eigenvalue weighted by atomic mass is 10.0. The van der Waals surface area contributed by atoms with Crippen molar-refractivity contribution in [3.05, 3.63) is 71.3 Å². The number of unbranched alkanes of at least 4 members (excludes halogenated alkanes) is 12. The quantitative estimate of drug-likeness (QED) is 0.148. The first kappa shape index (κ1) is 32.6. The molecule has 0 saturated carbocycles. The van der Waals surface area contributed by atoms with Gasteiger partial charge in [-0.3, -0.25) is 14.5 Å². The monoisotopic (exact) mass is 536 g/mol. The normalized spacial score (nSPS) is 12.0. The smallest absolute Gasteiger partial charge is 0.320 e. The Kier molecular flexibility index (Phi) is 16.9. The number of carboxylic acid groups (broad SMARTS) is 1. The molecule has 0 spiro atoms. The van der Waals surface area contributed by atoms with Crippen molar-refractivity contribution < 1.29 is 14.7 Å². The van der Waals surface area contributed by atoms with E-state index >= 15 is 0 Å². The number of amides is 1. The van der Waals surface area contributed by atoms with E-state index in [0.717, 1.165) is 24.0 Å². The average Bonchev–Trinajstić information content (AvgIpc) is 2.94. The van der Waals surface area contributed by atoms with Crippen LogP contribution >= 0.6 is 0 Å². The lowest BCUT2D eigenvalue weighted by Crippen LogP contribution is -2.39. The molecular formula is C34H52N2O3. The highest BCUT2D eigenvalue weighted by atomic mass is 16.4. The number of aliphatic carboxylic acids is 1. The van der Waals surface area contributed by atoms with Crippen molar-refractivity contribution in [1.29, 1.82) is 0 Å². The zero-order valence-electron chi connectivity index (χ0n) is 24.5. The van der Waals surface area contributed by atoms with Crippen LogP contribution in [-0.4, -0.2) is 34.5 Å². The summed E-state index contributed by atoms with van der Waals surface area (Å²) >= 11 is 0. The number of hydrogen-bond acceptors (Lipinski definition) is 3. The highest BCUT2D eigenvalue weighted by Crippen LogP contribution is 2.17. The maximum Gasteiger partial charge on any atom is 0.320 e. The fraction of sp³-hybridized carbons (Fsp3) is 0.588. The molecular weight excluding hydrogens is 484 g/mol. The molecule has 39 heavy (non-hydrogen) atoms. The summed E-state index contributed by atoms with van der Waals surface area (Å²) in [6.07, 6.45) is 17.6. The van der Waals surface area contributed by atoms with Crippen molar-refractivity contribution in [1.82, 2.24) is 10.2 Å². The van der Waals surface area contributed by atoms with Gasteiger partial charge in [-0.05, 0) is 36.1 Å². The van der Waals surface area contributed by atoms with Gasteiger partial charge in [0.2, 0.25) is 0 Å². The summed E-state index contributed by atoms with van der Waals surface area (Å²) in [4.78, 5) is 26.4. The van der Waals surface area contributed by atoms with Crippen molar-refractivity contribution in [2.45, 2.75) is 123 Å². The molecule has 2 aromatic carbocycles. The van der Waals surface area contributed by atoms with Crippen LogP contribution < -0.4 is 5.32 Å². The maximum absolute atomic E-state index is 12.6. The second-order valence-corrected chi connectivity index (χ2v) is 10.8. The minimum Gasteiger partial charge on any atom is -0.480 e. The third-order valence-electron chi connectivity index (χ3n) is 7.51. The Hall–Kier alpha value is -2.66. The lowest BCUT2D eigenvalue weighted by molar-refractivity contribution is -0.144. The van der Waals surface area contributed by atoms with Gasteiger partial charge in [-0.1, -0.05) is 133 Å². The summed E-state index contributed by atoms with van der Waals surface area (Å²) in [7, 11) is 0. The predicted octanol–water partition coefficient (Wildman–Crippen LogP) is 8.37. The largest absolute Gasteiger partial charge is 0.480 e. The van der Waals surface area contributed by atoms with Crippen LogP contribution in [0.15, 0.2) is 54.6 Å². The average molecular weight is 537 g/mol. The predicted molar refractivity (Wildman–Crippen MR) is 162 cm³/mol. The number of rotatable bonds is 22. The second kappa shape index (κ2) is 20.3. The minimum absolute atomic E-state index is 0.0430. The van der Waals surface area contributed by atoms with Gasteiger partial charge in [0, 0.05) is 25.2 Å².